The van der Waals surface area contributed by atoms with Crippen molar-refractivity contribution < 1.29 is 4.79 Å². The minimum Gasteiger partial charge on any atom is -0.368 e. The first kappa shape index (κ1) is 12.8. The molecule has 0 radical (unpaired) electrons. The summed E-state index contributed by atoms with van der Waals surface area (Å²) in [6.07, 6.45) is 2.55. The molecule has 1 saturated carbocycles. The normalized spacial score (nSPS) is 28.5. The zero-order valence-electron chi connectivity index (χ0n) is 9.90. The number of aromatic nitrogens is 2. The molecule has 0 bridgehead atoms. The quantitative estimate of drug-likeness (QED) is 0.852. The molecule has 3 N–H and O–H groups in total. The Morgan fingerprint density at radius 2 is 2.47 bits per heavy atom. The summed E-state index contributed by atoms with van der Waals surface area (Å²) in [6.45, 7) is 1.89. The van der Waals surface area contributed by atoms with Crippen LogP contribution in [-0.4, -0.2) is 33.1 Å². The van der Waals surface area contributed by atoms with Crippen molar-refractivity contribution in [2.24, 2.45) is 5.73 Å². The first-order valence-corrected chi connectivity index (χ1v) is 7.17. The Morgan fingerprint density at radius 1 is 1.71 bits per heavy atom. The van der Waals surface area contributed by atoms with Gasteiger partial charge in [-0.25, -0.2) is 4.98 Å². The van der Waals surface area contributed by atoms with Crippen molar-refractivity contribution in [3.63, 3.8) is 0 Å². The van der Waals surface area contributed by atoms with E-state index < -0.39 is 5.54 Å². The molecular weight excluding hydrogens is 256 g/mol. The van der Waals surface area contributed by atoms with E-state index in [0.717, 1.165) is 29.4 Å². The molecule has 2 atom stereocenters. The predicted molar refractivity (Wildman–Crippen MR) is 69.1 cm³/mol. The van der Waals surface area contributed by atoms with Crippen LogP contribution >= 0.6 is 23.3 Å². The molecule has 0 aromatic carbocycles. The zero-order valence-corrected chi connectivity index (χ0v) is 11.5. The van der Waals surface area contributed by atoms with E-state index >= 15 is 0 Å². The first-order chi connectivity index (χ1) is 8.05. The number of carbonyl (C=O) groups is 1. The lowest BCUT2D eigenvalue weighted by Crippen LogP contribution is -2.52. The highest BCUT2D eigenvalue weighted by Gasteiger charge is 2.43. The molecule has 0 aliphatic heterocycles. The van der Waals surface area contributed by atoms with Crippen LogP contribution < -0.4 is 11.1 Å². The number of likely N-dealkylation sites (N-methyl/N-ethyl adjacent to an activating group) is 1. The maximum Gasteiger partial charge on any atom is 0.237 e. The van der Waals surface area contributed by atoms with Gasteiger partial charge in [0.2, 0.25) is 5.91 Å². The number of hydrogen-bond acceptors (Lipinski definition) is 6. The second-order valence-corrected chi connectivity index (χ2v) is 6.59. The fraction of sp³-hybridized carbons (Fsp3) is 0.700. The second kappa shape index (κ2) is 4.91. The van der Waals surface area contributed by atoms with Crippen LogP contribution in [0.4, 0.5) is 0 Å². The molecule has 2 unspecified atom stereocenters. The Balaban J connectivity index is 2.00. The lowest BCUT2D eigenvalue weighted by molar-refractivity contribution is -0.124. The number of nitrogens with one attached hydrogen (secondary N) is 1. The van der Waals surface area contributed by atoms with Gasteiger partial charge in [0.1, 0.15) is 5.82 Å². The van der Waals surface area contributed by atoms with Crippen LogP contribution in [-0.2, 0) is 4.79 Å². The highest BCUT2D eigenvalue weighted by molar-refractivity contribution is 8.01. The van der Waals surface area contributed by atoms with Gasteiger partial charge in [-0.05, 0) is 44.8 Å². The molecular formula is C10H16N4OS2. The van der Waals surface area contributed by atoms with Gasteiger partial charge < -0.3 is 11.1 Å². The highest BCUT2D eigenvalue weighted by Crippen LogP contribution is 2.40. The zero-order chi connectivity index (χ0) is 12.5. The molecule has 1 aromatic rings. The van der Waals surface area contributed by atoms with Gasteiger partial charge in [-0.2, -0.15) is 4.37 Å². The van der Waals surface area contributed by atoms with E-state index in [2.05, 4.69) is 14.7 Å². The summed E-state index contributed by atoms with van der Waals surface area (Å²) in [5, 5.41) is 3.47. The largest absolute Gasteiger partial charge is 0.368 e. The van der Waals surface area contributed by atoms with Crippen LogP contribution in [0.3, 0.4) is 0 Å². The molecule has 17 heavy (non-hydrogen) atoms. The summed E-state index contributed by atoms with van der Waals surface area (Å²) in [6, 6.07) is 0. The lowest BCUT2D eigenvalue weighted by atomic mass is 9.97. The second-order valence-electron chi connectivity index (χ2n) is 4.29. The van der Waals surface area contributed by atoms with Crippen LogP contribution in [0.15, 0.2) is 4.34 Å². The maximum absolute atomic E-state index is 11.5. The summed E-state index contributed by atoms with van der Waals surface area (Å²) < 4.78 is 5.13. The molecule has 1 heterocycles. The van der Waals surface area contributed by atoms with Crippen molar-refractivity contribution in [3.8, 4) is 0 Å². The number of amides is 1. The summed E-state index contributed by atoms with van der Waals surface area (Å²) in [5.41, 5.74) is 4.94. The summed E-state index contributed by atoms with van der Waals surface area (Å²) >= 11 is 3.12. The monoisotopic (exact) mass is 272 g/mol. The third-order valence-corrected chi connectivity index (χ3v) is 5.34. The van der Waals surface area contributed by atoms with Crippen LogP contribution in [0.5, 0.6) is 0 Å². The van der Waals surface area contributed by atoms with Crippen molar-refractivity contribution >= 4 is 29.2 Å². The third-order valence-electron chi connectivity index (χ3n) is 3.20. The number of primary amides is 1. The van der Waals surface area contributed by atoms with Crippen LogP contribution in [0.25, 0.3) is 0 Å². The Hall–Kier alpha value is -0.660. The predicted octanol–water partition coefficient (Wildman–Crippen LogP) is 0.935. The van der Waals surface area contributed by atoms with Crippen molar-refractivity contribution in [2.75, 3.05) is 7.05 Å². The number of nitrogens with two attached hydrogens (primary N) is 1. The smallest absolute Gasteiger partial charge is 0.237 e. The van der Waals surface area contributed by atoms with Crippen LogP contribution in [0.2, 0.25) is 0 Å². The average Bonchev–Trinajstić information content (AvgIpc) is 2.87. The van der Waals surface area contributed by atoms with Crippen LogP contribution in [0.1, 0.15) is 25.1 Å². The van der Waals surface area contributed by atoms with Crippen LogP contribution in [0, 0.1) is 6.92 Å². The molecule has 7 heteroatoms. The molecule has 2 rings (SSSR count). The van der Waals surface area contributed by atoms with E-state index in [4.69, 9.17) is 5.73 Å². The molecule has 1 aliphatic rings. The van der Waals surface area contributed by atoms with Crippen molar-refractivity contribution in [1.29, 1.82) is 0 Å². The topological polar surface area (TPSA) is 80.9 Å². The number of thioether (sulfide) groups is 1. The lowest BCUT2D eigenvalue weighted by Gasteiger charge is -2.24. The van der Waals surface area contributed by atoms with Crippen molar-refractivity contribution in [3.05, 3.63) is 5.82 Å². The van der Waals surface area contributed by atoms with E-state index in [1.54, 1.807) is 18.8 Å². The van der Waals surface area contributed by atoms with Crippen molar-refractivity contribution in [2.45, 2.75) is 41.3 Å². The molecule has 0 saturated heterocycles. The number of hydrogen-bond donors (Lipinski definition) is 2. The van der Waals surface area contributed by atoms with Gasteiger partial charge in [0.05, 0.1) is 5.54 Å². The fourth-order valence-electron chi connectivity index (χ4n) is 2.14. The van der Waals surface area contributed by atoms with E-state index in [9.17, 15) is 4.79 Å². The summed E-state index contributed by atoms with van der Waals surface area (Å²) in [7, 11) is 1.80. The van der Waals surface area contributed by atoms with Gasteiger partial charge in [-0.3, -0.25) is 4.79 Å². The molecule has 1 amide bonds. The van der Waals surface area contributed by atoms with E-state index in [0.29, 0.717) is 5.25 Å². The van der Waals surface area contributed by atoms with E-state index in [1.165, 1.54) is 11.5 Å². The summed E-state index contributed by atoms with van der Waals surface area (Å²) in [5.74, 6) is 0.557. The Kier molecular flexibility index (Phi) is 3.70. The molecule has 5 nitrogen and oxygen atoms in total. The minimum atomic E-state index is -0.530. The van der Waals surface area contributed by atoms with Gasteiger partial charge in [-0.15, -0.1) is 0 Å². The summed E-state index contributed by atoms with van der Waals surface area (Å²) in [4.78, 5) is 15.8. The molecule has 1 aromatic heterocycles. The number of aryl methyl sites for hydroxylation is 1. The molecule has 94 valence electrons. The van der Waals surface area contributed by atoms with Crippen molar-refractivity contribution in [1.82, 2.24) is 14.7 Å². The fourth-order valence-corrected chi connectivity index (χ4v) is 4.33. The molecule has 1 fully saturated rings. The van der Waals surface area contributed by atoms with E-state index in [1.807, 2.05) is 6.92 Å². The molecule has 0 spiro atoms. The number of carbonyl (C=O) groups excluding carboxylic acids is 1. The Labute approximate surface area is 109 Å². The average molecular weight is 272 g/mol. The highest BCUT2D eigenvalue weighted by atomic mass is 32.2. The Morgan fingerprint density at radius 3 is 2.94 bits per heavy atom. The molecule has 1 aliphatic carbocycles. The SMILES string of the molecule is CNC1(C(N)=O)CCC(Sc2nc(C)ns2)C1. The van der Waals surface area contributed by atoms with Gasteiger partial charge in [-0.1, -0.05) is 11.8 Å². The standard InChI is InChI=1S/C10H16N4OS2/c1-6-13-9(17-14-6)16-7-3-4-10(5-7,12-2)8(11)15/h7,12H,3-5H2,1-2H3,(H2,11,15). The number of rotatable bonds is 4. The third kappa shape index (κ3) is 2.61. The van der Waals surface area contributed by atoms with Gasteiger partial charge in [0, 0.05) is 5.25 Å². The van der Waals surface area contributed by atoms with Gasteiger partial charge >= 0.3 is 0 Å². The Bertz CT molecular complexity index is 422. The number of nitrogens with zero attached hydrogens (tertiary/aromatic N) is 2. The van der Waals surface area contributed by atoms with Gasteiger partial charge in [0.15, 0.2) is 4.34 Å². The maximum atomic E-state index is 11.5. The van der Waals surface area contributed by atoms with E-state index in [-0.39, 0.29) is 5.91 Å². The minimum absolute atomic E-state index is 0.253. The van der Waals surface area contributed by atoms with Gasteiger partial charge in [0.25, 0.3) is 0 Å². The first-order valence-electron chi connectivity index (χ1n) is 5.51.